The minimum absolute atomic E-state index is 0.00788. The van der Waals surface area contributed by atoms with Crippen molar-refractivity contribution < 1.29 is 18.3 Å². The SMILES string of the molecule is Cc1cccc(NS(=O)(=O)c2ccc(Br)cc2Cl)c1C(=O)O. The molecule has 5 nitrogen and oxygen atoms in total. The van der Waals surface area contributed by atoms with Gasteiger partial charge in [-0.2, -0.15) is 0 Å². The van der Waals surface area contributed by atoms with Gasteiger partial charge in [-0.25, -0.2) is 13.2 Å². The van der Waals surface area contributed by atoms with Crippen LogP contribution in [0.2, 0.25) is 5.02 Å². The summed E-state index contributed by atoms with van der Waals surface area (Å²) in [6.45, 7) is 1.59. The maximum absolute atomic E-state index is 12.4. The first kappa shape index (κ1) is 16.8. The van der Waals surface area contributed by atoms with E-state index in [0.29, 0.717) is 10.0 Å². The molecule has 0 saturated carbocycles. The van der Waals surface area contributed by atoms with Crippen LogP contribution in [0.5, 0.6) is 0 Å². The van der Waals surface area contributed by atoms with Gasteiger partial charge in [0.15, 0.2) is 0 Å². The normalized spacial score (nSPS) is 11.2. The number of nitrogens with one attached hydrogen (secondary N) is 1. The summed E-state index contributed by atoms with van der Waals surface area (Å²) in [4.78, 5) is 11.2. The van der Waals surface area contributed by atoms with Crippen molar-refractivity contribution in [2.75, 3.05) is 4.72 Å². The smallest absolute Gasteiger partial charge is 0.338 e. The molecule has 0 radical (unpaired) electrons. The van der Waals surface area contributed by atoms with Gasteiger partial charge in [0.2, 0.25) is 0 Å². The highest BCUT2D eigenvalue weighted by atomic mass is 79.9. The van der Waals surface area contributed by atoms with E-state index in [4.69, 9.17) is 11.6 Å². The Morgan fingerprint density at radius 3 is 2.55 bits per heavy atom. The van der Waals surface area contributed by atoms with Crippen LogP contribution >= 0.6 is 27.5 Å². The van der Waals surface area contributed by atoms with Crippen molar-refractivity contribution >= 4 is 49.2 Å². The molecule has 22 heavy (non-hydrogen) atoms. The summed E-state index contributed by atoms with van der Waals surface area (Å²) in [6, 6.07) is 8.88. The molecule has 2 aromatic rings. The molecule has 8 heteroatoms. The summed E-state index contributed by atoms with van der Waals surface area (Å²) in [6.07, 6.45) is 0. The number of hydrogen-bond acceptors (Lipinski definition) is 3. The predicted octanol–water partition coefficient (Wildman–Crippen LogP) is 3.91. The van der Waals surface area contributed by atoms with Crippen molar-refractivity contribution in [3.8, 4) is 0 Å². The molecule has 0 aliphatic heterocycles. The van der Waals surface area contributed by atoms with E-state index in [2.05, 4.69) is 20.7 Å². The molecule has 0 bridgehead atoms. The molecule has 0 fully saturated rings. The van der Waals surface area contributed by atoms with Crippen LogP contribution in [0.15, 0.2) is 45.8 Å². The average Bonchev–Trinajstić information content (AvgIpc) is 2.36. The summed E-state index contributed by atoms with van der Waals surface area (Å²) < 4.78 is 27.7. The lowest BCUT2D eigenvalue weighted by molar-refractivity contribution is 0.0697. The third-order valence-corrected chi connectivity index (χ3v) is 5.26. The summed E-state index contributed by atoms with van der Waals surface area (Å²) in [5, 5.41) is 9.27. The number of carboxylic acid groups (broad SMARTS) is 1. The monoisotopic (exact) mass is 403 g/mol. The highest BCUT2D eigenvalue weighted by Crippen LogP contribution is 2.28. The zero-order chi connectivity index (χ0) is 16.5. The maximum Gasteiger partial charge on any atom is 0.338 e. The van der Waals surface area contributed by atoms with E-state index in [0.717, 1.165) is 0 Å². The first-order valence-electron chi connectivity index (χ1n) is 6.03. The number of rotatable bonds is 4. The van der Waals surface area contributed by atoms with E-state index < -0.39 is 16.0 Å². The Morgan fingerprint density at radius 2 is 1.95 bits per heavy atom. The molecule has 0 spiro atoms. The predicted molar refractivity (Wildman–Crippen MR) is 88.1 cm³/mol. The molecule has 0 amide bonds. The van der Waals surface area contributed by atoms with Crippen molar-refractivity contribution in [1.29, 1.82) is 0 Å². The minimum Gasteiger partial charge on any atom is -0.478 e. The number of benzene rings is 2. The van der Waals surface area contributed by atoms with Crippen LogP contribution in [0.25, 0.3) is 0 Å². The Morgan fingerprint density at radius 1 is 1.27 bits per heavy atom. The van der Waals surface area contributed by atoms with E-state index in [-0.39, 0.29) is 21.2 Å². The number of halogens is 2. The molecular weight excluding hydrogens is 394 g/mol. The van der Waals surface area contributed by atoms with E-state index in [9.17, 15) is 18.3 Å². The number of carboxylic acids is 1. The number of hydrogen-bond donors (Lipinski definition) is 2. The van der Waals surface area contributed by atoms with Gasteiger partial charge < -0.3 is 5.11 Å². The highest BCUT2D eigenvalue weighted by molar-refractivity contribution is 9.10. The fourth-order valence-corrected chi connectivity index (χ4v) is 4.04. The van der Waals surface area contributed by atoms with Gasteiger partial charge >= 0.3 is 5.97 Å². The fourth-order valence-electron chi connectivity index (χ4n) is 1.93. The van der Waals surface area contributed by atoms with Crippen LogP contribution in [0.1, 0.15) is 15.9 Å². The molecule has 0 atom stereocenters. The summed E-state index contributed by atoms with van der Waals surface area (Å²) >= 11 is 9.14. The fraction of sp³-hybridized carbons (Fsp3) is 0.0714. The van der Waals surface area contributed by atoms with Crippen molar-refractivity contribution in [2.24, 2.45) is 0 Å². The zero-order valence-corrected chi connectivity index (χ0v) is 14.5. The van der Waals surface area contributed by atoms with Gasteiger partial charge in [-0.15, -0.1) is 0 Å². The van der Waals surface area contributed by atoms with Crippen LogP contribution in [0.4, 0.5) is 5.69 Å². The van der Waals surface area contributed by atoms with Gasteiger partial charge in [-0.05, 0) is 36.8 Å². The molecule has 2 rings (SSSR count). The summed E-state index contributed by atoms with van der Waals surface area (Å²) in [5.74, 6) is -1.21. The molecule has 0 saturated heterocycles. The molecule has 2 N–H and O–H groups in total. The first-order valence-corrected chi connectivity index (χ1v) is 8.68. The van der Waals surface area contributed by atoms with Gasteiger partial charge in [0.25, 0.3) is 10.0 Å². The van der Waals surface area contributed by atoms with Gasteiger partial charge in [-0.1, -0.05) is 39.7 Å². The van der Waals surface area contributed by atoms with Crippen LogP contribution in [-0.4, -0.2) is 19.5 Å². The lowest BCUT2D eigenvalue weighted by Crippen LogP contribution is -2.16. The van der Waals surface area contributed by atoms with Crippen molar-refractivity contribution in [3.63, 3.8) is 0 Å². The second-order valence-corrected chi connectivity index (χ2v) is 7.46. The molecule has 0 aliphatic rings. The molecular formula is C14H11BrClNO4S. The number of anilines is 1. The van der Waals surface area contributed by atoms with Gasteiger partial charge in [0.05, 0.1) is 16.3 Å². The summed E-state index contributed by atoms with van der Waals surface area (Å²) in [7, 11) is -4.00. The second kappa shape index (κ2) is 6.28. The Bertz CT molecular complexity index is 852. The average molecular weight is 405 g/mol. The molecule has 2 aromatic carbocycles. The van der Waals surface area contributed by atoms with Crippen LogP contribution in [0, 0.1) is 6.92 Å². The number of aromatic carboxylic acids is 1. The Balaban J connectivity index is 2.50. The van der Waals surface area contributed by atoms with E-state index >= 15 is 0 Å². The third-order valence-electron chi connectivity index (χ3n) is 2.91. The van der Waals surface area contributed by atoms with Crippen molar-refractivity contribution in [3.05, 3.63) is 57.0 Å². The molecule has 0 unspecified atom stereocenters. The van der Waals surface area contributed by atoms with Crippen LogP contribution < -0.4 is 4.72 Å². The maximum atomic E-state index is 12.4. The quantitative estimate of drug-likeness (QED) is 0.809. The lowest BCUT2D eigenvalue weighted by Gasteiger charge is -2.13. The largest absolute Gasteiger partial charge is 0.478 e. The standard InChI is InChI=1S/C14H11BrClNO4S/c1-8-3-2-4-11(13(8)14(18)19)17-22(20,21)12-6-5-9(15)7-10(12)16/h2-7,17H,1H3,(H,18,19). The van der Waals surface area contributed by atoms with Crippen molar-refractivity contribution in [2.45, 2.75) is 11.8 Å². The number of aryl methyl sites for hydroxylation is 1. The van der Waals surface area contributed by atoms with Crippen LogP contribution in [-0.2, 0) is 10.0 Å². The van der Waals surface area contributed by atoms with Gasteiger partial charge in [-0.3, -0.25) is 4.72 Å². The van der Waals surface area contributed by atoms with Crippen LogP contribution in [0.3, 0.4) is 0 Å². The second-order valence-electron chi connectivity index (χ2n) is 4.48. The molecule has 0 aliphatic carbocycles. The molecule has 116 valence electrons. The topological polar surface area (TPSA) is 83.5 Å². The Kier molecular flexibility index (Phi) is 4.79. The van der Waals surface area contributed by atoms with Crippen molar-refractivity contribution in [1.82, 2.24) is 0 Å². The number of sulfonamides is 1. The van der Waals surface area contributed by atoms with E-state index in [1.165, 1.54) is 24.3 Å². The van der Waals surface area contributed by atoms with Gasteiger partial charge in [0, 0.05) is 4.47 Å². The highest BCUT2D eigenvalue weighted by Gasteiger charge is 2.22. The Labute approximate surface area is 141 Å². The lowest BCUT2D eigenvalue weighted by atomic mass is 10.1. The first-order chi connectivity index (χ1) is 10.2. The molecule has 0 heterocycles. The number of carbonyl (C=O) groups is 1. The Hall–Kier alpha value is -1.57. The summed E-state index contributed by atoms with van der Waals surface area (Å²) in [5.41, 5.74) is 0.348. The zero-order valence-electron chi connectivity index (χ0n) is 11.3. The minimum atomic E-state index is -4.00. The molecule has 0 aromatic heterocycles. The van der Waals surface area contributed by atoms with Gasteiger partial charge in [0.1, 0.15) is 4.90 Å². The van der Waals surface area contributed by atoms with E-state index in [1.54, 1.807) is 19.1 Å². The third kappa shape index (κ3) is 3.43. The van der Waals surface area contributed by atoms with E-state index in [1.807, 2.05) is 0 Å².